The minimum absolute atomic E-state index is 0.0499. The maximum absolute atomic E-state index is 15.0. The van der Waals surface area contributed by atoms with E-state index >= 15 is 4.39 Å². The quantitative estimate of drug-likeness (QED) is 0.454. The van der Waals surface area contributed by atoms with Gasteiger partial charge in [-0.15, -0.1) is 0 Å². The largest absolute Gasteiger partial charge is 0.480 e. The van der Waals surface area contributed by atoms with Gasteiger partial charge in [0.1, 0.15) is 24.4 Å². The van der Waals surface area contributed by atoms with E-state index in [2.05, 4.69) is 29.7 Å². The Balaban J connectivity index is 2.26. The highest BCUT2D eigenvalue weighted by Crippen LogP contribution is 2.35. The number of ether oxygens (including phenoxy) is 1. The average Bonchev–Trinajstić information content (AvgIpc) is 3.04. The van der Waals surface area contributed by atoms with E-state index in [-0.39, 0.29) is 18.7 Å². The van der Waals surface area contributed by atoms with E-state index in [9.17, 15) is 9.90 Å². The van der Waals surface area contributed by atoms with Crippen molar-refractivity contribution in [3.05, 3.63) is 35.9 Å². The lowest BCUT2D eigenvalue weighted by Crippen LogP contribution is -2.48. The summed E-state index contributed by atoms with van der Waals surface area (Å²) in [6.07, 6.45) is 1.47. The molecule has 0 unspecified atom stereocenters. The molecule has 0 aliphatic carbocycles. The lowest BCUT2D eigenvalue weighted by molar-refractivity contribution is -0.145. The molecule has 166 valence electrons. The molecule has 1 heterocycles. The fraction of sp³-hybridized carbons (Fsp3) is 0.571. The van der Waals surface area contributed by atoms with Gasteiger partial charge in [0, 0.05) is 25.8 Å². The maximum Gasteiger partial charge on any atom is 0.328 e. The Bertz CT molecular complexity index is 889. The number of aromatic nitrogens is 3. The summed E-state index contributed by atoms with van der Waals surface area (Å²) < 4.78 is 22.3. The van der Waals surface area contributed by atoms with Crippen LogP contribution in [0.5, 0.6) is 0 Å². The molecule has 1 aromatic heterocycles. The van der Waals surface area contributed by atoms with Crippen molar-refractivity contribution in [3.8, 4) is 11.4 Å². The van der Waals surface area contributed by atoms with Gasteiger partial charge in [0.05, 0.1) is 0 Å². The molecular weight excluding hydrogens is 403 g/mol. The number of aliphatic carboxylic acids is 1. The van der Waals surface area contributed by atoms with Crippen molar-refractivity contribution >= 4 is 14.0 Å². The molecular formula is C21H33FN4O3Si. The summed E-state index contributed by atoms with van der Waals surface area (Å²) in [5, 5.41) is 13.9. The summed E-state index contributed by atoms with van der Waals surface area (Å²) >= 11 is 0. The molecule has 0 radical (unpaired) electrons. The number of nitrogens with zero attached hydrogens (tertiary/aromatic N) is 3. The number of carboxylic acids is 1. The molecule has 0 saturated heterocycles. The van der Waals surface area contributed by atoms with Crippen molar-refractivity contribution in [2.45, 2.75) is 65.1 Å². The van der Waals surface area contributed by atoms with Crippen LogP contribution in [0.1, 0.15) is 32.8 Å². The molecule has 30 heavy (non-hydrogen) atoms. The molecule has 2 aromatic rings. The second kappa shape index (κ2) is 8.95. The van der Waals surface area contributed by atoms with Crippen LogP contribution in [0.4, 0.5) is 4.39 Å². The molecule has 1 atom stereocenters. The smallest absolute Gasteiger partial charge is 0.328 e. The zero-order chi connectivity index (χ0) is 22.7. The highest BCUT2D eigenvalue weighted by atomic mass is 28.3. The van der Waals surface area contributed by atoms with Gasteiger partial charge in [-0.3, -0.25) is 0 Å². The van der Waals surface area contributed by atoms with Crippen molar-refractivity contribution in [3.63, 3.8) is 0 Å². The van der Waals surface area contributed by atoms with E-state index in [0.29, 0.717) is 18.0 Å². The fourth-order valence-electron chi connectivity index (χ4n) is 3.25. The van der Waals surface area contributed by atoms with Crippen LogP contribution in [0.3, 0.4) is 0 Å². The van der Waals surface area contributed by atoms with Gasteiger partial charge in [-0.05, 0) is 23.9 Å². The lowest BCUT2D eigenvalue weighted by Gasteiger charge is -2.32. The topological polar surface area (TPSA) is 103 Å². The Morgan fingerprint density at radius 2 is 1.97 bits per heavy atom. The minimum atomic E-state index is -1.82. The summed E-state index contributed by atoms with van der Waals surface area (Å²) in [7, 11) is -1.19. The monoisotopic (exact) mass is 436 g/mol. The van der Waals surface area contributed by atoms with Gasteiger partial charge < -0.3 is 15.6 Å². The molecule has 0 aliphatic heterocycles. The minimum Gasteiger partial charge on any atom is -0.480 e. The van der Waals surface area contributed by atoms with E-state index in [1.165, 1.54) is 18.5 Å². The molecule has 0 saturated carbocycles. The highest BCUT2D eigenvalue weighted by Gasteiger charge is 2.41. The first kappa shape index (κ1) is 24.2. The summed E-state index contributed by atoms with van der Waals surface area (Å²) in [5.74, 6) is -1.50. The lowest BCUT2D eigenvalue weighted by atomic mass is 9.76. The number of nitrogens with two attached hydrogens (primary N) is 1. The van der Waals surface area contributed by atoms with Gasteiger partial charge in [-0.1, -0.05) is 52.5 Å². The zero-order valence-electron chi connectivity index (χ0n) is 18.7. The predicted octanol–water partition coefficient (Wildman–Crippen LogP) is 4.07. The average molecular weight is 437 g/mol. The number of hydrogen-bond acceptors (Lipinski definition) is 5. The molecule has 1 aromatic carbocycles. The second-order valence-corrected chi connectivity index (χ2v) is 15.8. The van der Waals surface area contributed by atoms with Crippen LogP contribution in [0, 0.1) is 11.2 Å². The fourth-order valence-corrected chi connectivity index (χ4v) is 4.01. The molecule has 3 N–H and O–H groups in total. The Morgan fingerprint density at radius 3 is 2.50 bits per heavy atom. The van der Waals surface area contributed by atoms with Gasteiger partial charge in [0.25, 0.3) is 0 Å². The molecule has 0 fully saturated rings. The third-order valence-corrected chi connectivity index (χ3v) is 6.43. The molecule has 2 rings (SSSR count). The SMILES string of the molecule is CC(C)(C)C[C@](N)(C(=O)O)c1ccc(-c2ncnn2COCC[Si](C)(C)C)cc1F. The number of hydrogen-bond donors (Lipinski definition) is 2. The van der Waals surface area contributed by atoms with Crippen molar-refractivity contribution < 1.29 is 19.0 Å². The van der Waals surface area contributed by atoms with Gasteiger partial charge in [-0.25, -0.2) is 18.9 Å². The first-order valence-electron chi connectivity index (χ1n) is 10.0. The van der Waals surface area contributed by atoms with E-state index in [0.717, 1.165) is 6.04 Å². The number of halogens is 1. The predicted molar refractivity (Wildman–Crippen MR) is 117 cm³/mol. The van der Waals surface area contributed by atoms with Crippen LogP contribution in [0.2, 0.25) is 25.7 Å². The maximum atomic E-state index is 15.0. The Kier molecular flexibility index (Phi) is 7.21. The number of carbonyl (C=O) groups is 1. The summed E-state index contributed by atoms with van der Waals surface area (Å²) in [4.78, 5) is 16.1. The molecule has 0 amide bonds. The van der Waals surface area contributed by atoms with Crippen molar-refractivity contribution in [1.82, 2.24) is 14.8 Å². The third kappa shape index (κ3) is 6.20. The molecule has 7 nitrogen and oxygen atoms in total. The third-order valence-electron chi connectivity index (χ3n) is 4.72. The van der Waals surface area contributed by atoms with Crippen molar-refractivity contribution in [1.29, 1.82) is 0 Å². The van der Waals surface area contributed by atoms with Crippen LogP contribution >= 0.6 is 0 Å². The van der Waals surface area contributed by atoms with Gasteiger partial charge in [0.15, 0.2) is 5.82 Å². The first-order chi connectivity index (χ1) is 13.7. The summed E-state index contributed by atoms with van der Waals surface area (Å²) in [6, 6.07) is 5.33. The van der Waals surface area contributed by atoms with Crippen LogP contribution < -0.4 is 5.73 Å². The summed E-state index contributed by atoms with van der Waals surface area (Å²) in [6.45, 7) is 13.3. The highest BCUT2D eigenvalue weighted by molar-refractivity contribution is 6.76. The normalized spacial score (nSPS) is 14.5. The zero-order valence-corrected chi connectivity index (χ0v) is 19.7. The Morgan fingerprint density at radius 1 is 1.30 bits per heavy atom. The van der Waals surface area contributed by atoms with E-state index < -0.39 is 30.8 Å². The van der Waals surface area contributed by atoms with Gasteiger partial charge >= 0.3 is 5.97 Å². The molecule has 0 bridgehead atoms. The van der Waals surface area contributed by atoms with Gasteiger partial charge in [-0.2, -0.15) is 5.10 Å². The van der Waals surface area contributed by atoms with E-state index in [1.807, 2.05) is 20.8 Å². The van der Waals surface area contributed by atoms with Crippen molar-refractivity contribution in [2.24, 2.45) is 11.1 Å². The number of rotatable bonds is 9. The first-order valence-corrected chi connectivity index (χ1v) is 13.7. The van der Waals surface area contributed by atoms with Crippen LogP contribution in [0.15, 0.2) is 24.5 Å². The number of carboxylic acid groups (broad SMARTS) is 1. The Labute approximate surface area is 178 Å². The second-order valence-electron chi connectivity index (χ2n) is 10.1. The van der Waals surface area contributed by atoms with Crippen LogP contribution in [-0.4, -0.2) is 40.5 Å². The molecule has 9 heteroatoms. The Hall–Kier alpha value is -2.10. The molecule has 0 spiro atoms. The van der Waals surface area contributed by atoms with Crippen LogP contribution in [-0.2, 0) is 21.8 Å². The van der Waals surface area contributed by atoms with E-state index in [4.69, 9.17) is 10.5 Å². The van der Waals surface area contributed by atoms with Gasteiger partial charge in [0.2, 0.25) is 0 Å². The van der Waals surface area contributed by atoms with Crippen molar-refractivity contribution in [2.75, 3.05) is 6.61 Å². The summed E-state index contributed by atoms with van der Waals surface area (Å²) in [5.41, 5.74) is 4.38. The number of benzene rings is 1. The molecule has 0 aliphatic rings. The standard InChI is InChI=1S/C21H33FN4O3Si/c1-20(2,3)12-21(23,19(27)28)16-8-7-15(11-17(16)22)18-24-13-25-26(18)14-29-9-10-30(4,5)6/h7-8,11,13H,9-10,12,14,23H2,1-6H3,(H,27,28)/t21-/m1/s1. The van der Waals surface area contributed by atoms with E-state index in [1.54, 1.807) is 10.7 Å². The van der Waals surface area contributed by atoms with Crippen LogP contribution in [0.25, 0.3) is 11.4 Å².